The van der Waals surface area contributed by atoms with E-state index in [1.807, 2.05) is 19.1 Å². The van der Waals surface area contributed by atoms with E-state index in [0.717, 1.165) is 5.56 Å². The maximum Gasteiger partial charge on any atom is 0.270 e. The number of aromatic nitrogens is 2. The second-order valence-corrected chi connectivity index (χ2v) is 4.22. The van der Waals surface area contributed by atoms with Crippen molar-refractivity contribution < 1.29 is 4.79 Å². The van der Waals surface area contributed by atoms with Crippen molar-refractivity contribution in [2.75, 3.05) is 12.8 Å². The van der Waals surface area contributed by atoms with Gasteiger partial charge in [0.2, 0.25) is 0 Å². The van der Waals surface area contributed by atoms with Gasteiger partial charge in [-0.25, -0.2) is 0 Å². The van der Waals surface area contributed by atoms with E-state index in [4.69, 9.17) is 5.73 Å². The maximum absolute atomic E-state index is 12.2. The lowest BCUT2D eigenvalue weighted by atomic mass is 10.1. The number of hydrogen-bond acceptors (Lipinski definition) is 3. The average Bonchev–Trinajstić information content (AvgIpc) is 2.84. The van der Waals surface area contributed by atoms with E-state index in [9.17, 15) is 4.79 Å². The SMILES string of the molecule is CC(c1ccncc1)N(C)C(=O)c1cc(N)c[nH]1. The number of anilines is 1. The quantitative estimate of drug-likeness (QED) is 0.864. The van der Waals surface area contributed by atoms with Gasteiger partial charge in [0.15, 0.2) is 0 Å². The molecule has 5 heteroatoms. The van der Waals surface area contributed by atoms with Crippen molar-refractivity contribution in [1.82, 2.24) is 14.9 Å². The molecule has 0 saturated carbocycles. The Balaban J connectivity index is 2.16. The minimum Gasteiger partial charge on any atom is -0.397 e. The molecule has 18 heavy (non-hydrogen) atoms. The highest BCUT2D eigenvalue weighted by Crippen LogP contribution is 2.20. The Hall–Kier alpha value is -2.30. The van der Waals surface area contributed by atoms with Crippen molar-refractivity contribution in [3.63, 3.8) is 0 Å². The van der Waals surface area contributed by atoms with E-state index in [0.29, 0.717) is 11.4 Å². The molecule has 0 radical (unpaired) electrons. The zero-order valence-electron chi connectivity index (χ0n) is 10.4. The second kappa shape index (κ2) is 4.91. The summed E-state index contributed by atoms with van der Waals surface area (Å²) in [4.78, 5) is 20.7. The smallest absolute Gasteiger partial charge is 0.270 e. The van der Waals surface area contributed by atoms with Gasteiger partial charge in [-0.05, 0) is 30.7 Å². The molecular formula is C13H16N4O. The summed E-state index contributed by atoms with van der Waals surface area (Å²) in [6, 6.07) is 5.41. The highest BCUT2D eigenvalue weighted by atomic mass is 16.2. The van der Waals surface area contributed by atoms with Crippen LogP contribution in [-0.2, 0) is 0 Å². The van der Waals surface area contributed by atoms with Gasteiger partial charge in [-0.2, -0.15) is 0 Å². The second-order valence-electron chi connectivity index (χ2n) is 4.22. The maximum atomic E-state index is 12.2. The number of carbonyl (C=O) groups is 1. The first kappa shape index (κ1) is 12.2. The zero-order valence-corrected chi connectivity index (χ0v) is 10.4. The molecule has 1 atom stereocenters. The Morgan fingerprint density at radius 1 is 1.44 bits per heavy atom. The topological polar surface area (TPSA) is 75.0 Å². The Morgan fingerprint density at radius 2 is 2.11 bits per heavy atom. The molecule has 94 valence electrons. The van der Waals surface area contributed by atoms with Gasteiger partial charge in [-0.1, -0.05) is 0 Å². The molecule has 1 amide bonds. The van der Waals surface area contributed by atoms with E-state index < -0.39 is 0 Å². The summed E-state index contributed by atoms with van der Waals surface area (Å²) >= 11 is 0. The zero-order chi connectivity index (χ0) is 13.1. The van der Waals surface area contributed by atoms with Crippen LogP contribution in [0.3, 0.4) is 0 Å². The number of amides is 1. The van der Waals surface area contributed by atoms with Crippen LogP contribution in [0.4, 0.5) is 5.69 Å². The van der Waals surface area contributed by atoms with Crippen LogP contribution in [0.15, 0.2) is 36.8 Å². The van der Waals surface area contributed by atoms with Gasteiger partial charge in [0.1, 0.15) is 5.69 Å². The number of nitrogens with two attached hydrogens (primary N) is 1. The number of H-pyrrole nitrogens is 1. The lowest BCUT2D eigenvalue weighted by Gasteiger charge is -2.24. The lowest BCUT2D eigenvalue weighted by Crippen LogP contribution is -2.29. The van der Waals surface area contributed by atoms with Crippen LogP contribution < -0.4 is 5.73 Å². The molecule has 0 aromatic carbocycles. The molecule has 0 spiro atoms. The third-order valence-electron chi connectivity index (χ3n) is 3.03. The van der Waals surface area contributed by atoms with Gasteiger partial charge in [0.25, 0.3) is 5.91 Å². The predicted octanol–water partition coefficient (Wildman–Crippen LogP) is 1.83. The van der Waals surface area contributed by atoms with E-state index in [-0.39, 0.29) is 11.9 Å². The van der Waals surface area contributed by atoms with Crippen molar-refractivity contribution in [1.29, 1.82) is 0 Å². The highest BCUT2D eigenvalue weighted by molar-refractivity contribution is 5.93. The molecule has 0 bridgehead atoms. The molecular weight excluding hydrogens is 228 g/mol. The first-order valence-corrected chi connectivity index (χ1v) is 5.70. The van der Waals surface area contributed by atoms with E-state index >= 15 is 0 Å². The normalized spacial score (nSPS) is 12.1. The van der Waals surface area contributed by atoms with E-state index in [2.05, 4.69) is 9.97 Å². The molecule has 1 unspecified atom stereocenters. The summed E-state index contributed by atoms with van der Waals surface area (Å²) in [5, 5.41) is 0. The van der Waals surface area contributed by atoms with E-state index in [1.54, 1.807) is 36.6 Å². The molecule has 3 N–H and O–H groups in total. The minimum absolute atomic E-state index is 0.0231. The van der Waals surface area contributed by atoms with Gasteiger partial charge in [0.05, 0.1) is 6.04 Å². The number of nitrogen functional groups attached to an aromatic ring is 1. The van der Waals surface area contributed by atoms with Crippen LogP contribution in [0.5, 0.6) is 0 Å². The van der Waals surface area contributed by atoms with Crippen molar-refractivity contribution >= 4 is 11.6 Å². The van der Waals surface area contributed by atoms with Gasteiger partial charge >= 0.3 is 0 Å². The van der Waals surface area contributed by atoms with Gasteiger partial charge in [-0.15, -0.1) is 0 Å². The van der Waals surface area contributed by atoms with Crippen LogP contribution in [0.2, 0.25) is 0 Å². The number of carbonyl (C=O) groups excluding carboxylic acids is 1. The van der Waals surface area contributed by atoms with Crippen LogP contribution in [0, 0.1) is 0 Å². The Morgan fingerprint density at radius 3 is 2.67 bits per heavy atom. The monoisotopic (exact) mass is 244 g/mol. The van der Waals surface area contributed by atoms with Gasteiger partial charge in [0, 0.05) is 31.3 Å². The third kappa shape index (κ3) is 2.34. The summed E-state index contributed by atoms with van der Waals surface area (Å²) < 4.78 is 0. The standard InChI is InChI=1S/C13H16N4O/c1-9(10-3-5-15-6-4-10)17(2)13(18)12-7-11(14)8-16-12/h3-9,16H,14H2,1-2H3. The Kier molecular flexibility index (Phi) is 3.32. The molecule has 2 heterocycles. The van der Waals surface area contributed by atoms with Crippen LogP contribution in [0.1, 0.15) is 29.0 Å². The fourth-order valence-electron chi connectivity index (χ4n) is 1.77. The van der Waals surface area contributed by atoms with Gasteiger partial charge in [-0.3, -0.25) is 9.78 Å². The van der Waals surface area contributed by atoms with Crippen molar-refractivity contribution in [3.05, 3.63) is 48.0 Å². The average molecular weight is 244 g/mol. The van der Waals surface area contributed by atoms with Crippen molar-refractivity contribution in [2.45, 2.75) is 13.0 Å². The summed E-state index contributed by atoms with van der Waals surface area (Å²) in [5.41, 5.74) is 7.69. The van der Waals surface area contributed by atoms with Crippen molar-refractivity contribution in [3.8, 4) is 0 Å². The number of rotatable bonds is 3. The van der Waals surface area contributed by atoms with Crippen molar-refractivity contribution in [2.24, 2.45) is 0 Å². The first-order valence-electron chi connectivity index (χ1n) is 5.70. The molecule has 2 aromatic rings. The van der Waals surface area contributed by atoms with Gasteiger partial charge < -0.3 is 15.6 Å². The molecule has 2 rings (SSSR count). The predicted molar refractivity (Wildman–Crippen MR) is 70.0 cm³/mol. The number of pyridine rings is 1. The number of hydrogen-bond donors (Lipinski definition) is 2. The third-order valence-corrected chi connectivity index (χ3v) is 3.03. The fourth-order valence-corrected chi connectivity index (χ4v) is 1.77. The number of aromatic amines is 1. The number of nitrogens with zero attached hydrogens (tertiary/aromatic N) is 2. The summed E-state index contributed by atoms with van der Waals surface area (Å²) in [5.74, 6) is -0.0870. The summed E-state index contributed by atoms with van der Waals surface area (Å²) in [6.45, 7) is 1.97. The van der Waals surface area contributed by atoms with Crippen LogP contribution in [0.25, 0.3) is 0 Å². The molecule has 0 aliphatic heterocycles. The fraction of sp³-hybridized carbons (Fsp3) is 0.231. The number of nitrogens with one attached hydrogen (secondary N) is 1. The van der Waals surface area contributed by atoms with E-state index in [1.165, 1.54) is 0 Å². The van der Waals surface area contributed by atoms with Crippen LogP contribution in [-0.4, -0.2) is 27.8 Å². The first-order chi connectivity index (χ1) is 8.59. The summed E-state index contributed by atoms with van der Waals surface area (Å²) in [7, 11) is 1.77. The van der Waals surface area contributed by atoms with Crippen LogP contribution >= 0.6 is 0 Å². The molecule has 0 aliphatic carbocycles. The minimum atomic E-state index is -0.0870. The largest absolute Gasteiger partial charge is 0.397 e. The summed E-state index contributed by atoms with van der Waals surface area (Å²) in [6.07, 6.45) is 5.05. The highest BCUT2D eigenvalue weighted by Gasteiger charge is 2.19. The molecule has 2 aromatic heterocycles. The Bertz CT molecular complexity index is 535. The molecule has 0 aliphatic rings. The Labute approximate surface area is 106 Å². The molecule has 0 saturated heterocycles. The molecule has 5 nitrogen and oxygen atoms in total. The lowest BCUT2D eigenvalue weighted by molar-refractivity contribution is 0.0737. The molecule has 0 fully saturated rings.